The molecule has 1 heterocycles. The third kappa shape index (κ3) is 2.71. The Morgan fingerprint density at radius 2 is 1.95 bits per heavy atom. The van der Waals surface area contributed by atoms with Gasteiger partial charge in [-0.15, -0.1) is 11.3 Å². The first-order chi connectivity index (χ1) is 10.2. The monoisotopic (exact) mass is 299 g/mol. The average Bonchev–Trinajstić information content (AvgIpc) is 2.89. The lowest BCUT2D eigenvalue weighted by Crippen LogP contribution is -2.22. The summed E-state index contributed by atoms with van der Waals surface area (Å²) in [6.07, 6.45) is 0. The van der Waals surface area contributed by atoms with Crippen LogP contribution in [0.1, 0.15) is 29.7 Å². The number of benzene rings is 2. The van der Waals surface area contributed by atoms with Gasteiger partial charge in [-0.05, 0) is 59.1 Å². The number of thiophene rings is 1. The fourth-order valence-corrected chi connectivity index (χ4v) is 3.76. The highest BCUT2D eigenvalue weighted by Crippen LogP contribution is 2.34. The highest BCUT2D eigenvalue weighted by Gasteiger charge is 2.18. The summed E-state index contributed by atoms with van der Waals surface area (Å²) in [5.41, 5.74) is 3.39. The zero-order valence-corrected chi connectivity index (χ0v) is 13.0. The molecule has 21 heavy (non-hydrogen) atoms. The molecule has 0 aliphatic carbocycles. The van der Waals surface area contributed by atoms with Crippen molar-refractivity contribution in [1.29, 1.82) is 0 Å². The normalized spacial score (nSPS) is 12.7. The zero-order chi connectivity index (χ0) is 14.8. The summed E-state index contributed by atoms with van der Waals surface area (Å²) in [6, 6.07) is 13.6. The van der Waals surface area contributed by atoms with Gasteiger partial charge in [-0.2, -0.15) is 0 Å². The van der Waals surface area contributed by atoms with E-state index in [2.05, 4.69) is 41.9 Å². The molecule has 0 aliphatic heterocycles. The summed E-state index contributed by atoms with van der Waals surface area (Å²) in [6.45, 7) is 4.93. The van der Waals surface area contributed by atoms with Gasteiger partial charge in [0.25, 0.3) is 0 Å². The Hall–Kier alpha value is -1.71. The average molecular weight is 299 g/mol. The molecule has 3 heteroatoms. The molecule has 1 unspecified atom stereocenters. The number of rotatable bonds is 4. The van der Waals surface area contributed by atoms with Crippen molar-refractivity contribution in [3.8, 4) is 0 Å². The smallest absolute Gasteiger partial charge is 0.123 e. The van der Waals surface area contributed by atoms with Gasteiger partial charge in [0.2, 0.25) is 0 Å². The van der Waals surface area contributed by atoms with Crippen LogP contribution in [0.3, 0.4) is 0 Å². The van der Waals surface area contributed by atoms with E-state index in [1.54, 1.807) is 23.5 Å². The van der Waals surface area contributed by atoms with E-state index in [4.69, 9.17) is 0 Å². The lowest BCUT2D eigenvalue weighted by Gasteiger charge is -2.20. The standard InChI is InChI=1S/C18H18FNS/c1-3-20-18(14-9-8-13(19)10-12(14)2)16-11-21-17-7-5-4-6-15(16)17/h4-11,18,20H,3H2,1-2H3. The molecule has 0 aliphatic rings. The molecule has 1 nitrogen and oxygen atoms in total. The SMILES string of the molecule is CCNC(c1ccc(F)cc1C)c1csc2ccccc12. The minimum Gasteiger partial charge on any atom is -0.306 e. The van der Waals surface area contributed by atoms with Crippen LogP contribution in [-0.2, 0) is 0 Å². The van der Waals surface area contributed by atoms with Crippen LogP contribution < -0.4 is 5.32 Å². The summed E-state index contributed by atoms with van der Waals surface area (Å²) in [5, 5.41) is 7.02. The molecule has 108 valence electrons. The van der Waals surface area contributed by atoms with Crippen LogP contribution in [0.5, 0.6) is 0 Å². The summed E-state index contributed by atoms with van der Waals surface area (Å²) in [7, 11) is 0. The summed E-state index contributed by atoms with van der Waals surface area (Å²) in [5.74, 6) is -0.179. The van der Waals surface area contributed by atoms with Crippen LogP contribution in [0.4, 0.5) is 4.39 Å². The van der Waals surface area contributed by atoms with Gasteiger partial charge in [-0.25, -0.2) is 4.39 Å². The molecule has 0 radical (unpaired) electrons. The Kier molecular flexibility index (Phi) is 4.04. The molecule has 3 rings (SSSR count). The van der Waals surface area contributed by atoms with Crippen LogP contribution in [0.2, 0.25) is 0 Å². The first-order valence-corrected chi connectivity index (χ1v) is 8.04. The Morgan fingerprint density at radius 1 is 1.14 bits per heavy atom. The second-order valence-electron chi connectivity index (χ2n) is 5.18. The van der Waals surface area contributed by atoms with E-state index < -0.39 is 0 Å². The van der Waals surface area contributed by atoms with Gasteiger partial charge in [0.15, 0.2) is 0 Å². The first kappa shape index (κ1) is 14.2. The number of nitrogens with one attached hydrogen (secondary N) is 1. The number of hydrogen-bond donors (Lipinski definition) is 1. The van der Waals surface area contributed by atoms with E-state index in [1.165, 1.54) is 15.6 Å². The molecule has 0 fully saturated rings. The zero-order valence-electron chi connectivity index (χ0n) is 12.2. The van der Waals surface area contributed by atoms with Gasteiger partial charge >= 0.3 is 0 Å². The Balaban J connectivity index is 2.13. The molecular formula is C18H18FNS. The summed E-state index contributed by atoms with van der Waals surface area (Å²) in [4.78, 5) is 0. The lowest BCUT2D eigenvalue weighted by molar-refractivity contribution is 0.612. The minimum absolute atomic E-state index is 0.103. The second-order valence-corrected chi connectivity index (χ2v) is 6.09. The maximum Gasteiger partial charge on any atom is 0.123 e. The summed E-state index contributed by atoms with van der Waals surface area (Å²) >= 11 is 1.76. The van der Waals surface area contributed by atoms with Crippen molar-refractivity contribution in [2.75, 3.05) is 6.54 Å². The van der Waals surface area contributed by atoms with Gasteiger partial charge in [-0.3, -0.25) is 0 Å². The van der Waals surface area contributed by atoms with Gasteiger partial charge in [0, 0.05) is 4.70 Å². The Labute approximate surface area is 128 Å². The molecule has 0 saturated heterocycles. The van der Waals surface area contributed by atoms with E-state index in [0.717, 1.165) is 17.7 Å². The quantitative estimate of drug-likeness (QED) is 0.711. The van der Waals surface area contributed by atoms with Gasteiger partial charge < -0.3 is 5.32 Å². The molecule has 0 amide bonds. The van der Waals surface area contributed by atoms with E-state index in [9.17, 15) is 4.39 Å². The number of halogens is 1. The molecule has 2 aromatic carbocycles. The molecule has 3 aromatic rings. The number of fused-ring (bicyclic) bond motifs is 1. The summed E-state index contributed by atoms with van der Waals surface area (Å²) < 4.78 is 14.7. The highest BCUT2D eigenvalue weighted by molar-refractivity contribution is 7.17. The fourth-order valence-electron chi connectivity index (χ4n) is 2.78. The van der Waals surface area contributed by atoms with Crippen molar-refractivity contribution in [1.82, 2.24) is 5.32 Å². The Bertz CT molecular complexity index is 763. The Morgan fingerprint density at radius 3 is 2.71 bits per heavy atom. The second kappa shape index (κ2) is 5.96. The largest absolute Gasteiger partial charge is 0.306 e. The van der Waals surface area contributed by atoms with E-state index in [-0.39, 0.29) is 11.9 Å². The van der Waals surface area contributed by atoms with Crippen LogP contribution in [0.15, 0.2) is 47.8 Å². The molecule has 0 bridgehead atoms. The van der Waals surface area contributed by atoms with Crippen molar-refractivity contribution in [2.45, 2.75) is 19.9 Å². The molecule has 0 spiro atoms. The van der Waals surface area contributed by atoms with E-state index in [1.807, 2.05) is 13.0 Å². The third-order valence-electron chi connectivity index (χ3n) is 3.77. The molecular weight excluding hydrogens is 281 g/mol. The van der Waals surface area contributed by atoms with E-state index in [0.29, 0.717) is 0 Å². The van der Waals surface area contributed by atoms with Crippen molar-refractivity contribution in [3.63, 3.8) is 0 Å². The minimum atomic E-state index is -0.179. The molecule has 1 aromatic heterocycles. The lowest BCUT2D eigenvalue weighted by atomic mass is 9.94. The molecule has 0 saturated carbocycles. The highest BCUT2D eigenvalue weighted by atomic mass is 32.1. The number of aryl methyl sites for hydroxylation is 1. The predicted molar refractivity (Wildman–Crippen MR) is 88.5 cm³/mol. The fraction of sp³-hybridized carbons (Fsp3) is 0.222. The van der Waals surface area contributed by atoms with Crippen LogP contribution in [0.25, 0.3) is 10.1 Å². The van der Waals surface area contributed by atoms with Crippen molar-refractivity contribution in [3.05, 3.63) is 70.4 Å². The van der Waals surface area contributed by atoms with Gasteiger partial charge in [0.1, 0.15) is 5.82 Å². The van der Waals surface area contributed by atoms with Crippen molar-refractivity contribution >= 4 is 21.4 Å². The topological polar surface area (TPSA) is 12.0 Å². The van der Waals surface area contributed by atoms with Crippen molar-refractivity contribution in [2.24, 2.45) is 0 Å². The predicted octanol–water partition coefficient (Wildman–Crippen LogP) is 5.05. The van der Waals surface area contributed by atoms with Crippen LogP contribution >= 0.6 is 11.3 Å². The molecule has 1 N–H and O–H groups in total. The van der Waals surface area contributed by atoms with Gasteiger partial charge in [-0.1, -0.05) is 31.2 Å². The van der Waals surface area contributed by atoms with Crippen LogP contribution in [0, 0.1) is 12.7 Å². The van der Waals surface area contributed by atoms with Crippen LogP contribution in [-0.4, -0.2) is 6.54 Å². The maximum atomic E-state index is 13.4. The third-order valence-corrected chi connectivity index (χ3v) is 4.75. The molecule has 1 atom stereocenters. The van der Waals surface area contributed by atoms with E-state index >= 15 is 0 Å². The number of hydrogen-bond acceptors (Lipinski definition) is 2. The van der Waals surface area contributed by atoms with Crippen molar-refractivity contribution < 1.29 is 4.39 Å². The maximum absolute atomic E-state index is 13.4. The first-order valence-electron chi connectivity index (χ1n) is 7.16. The van der Waals surface area contributed by atoms with Gasteiger partial charge in [0.05, 0.1) is 6.04 Å².